The minimum Gasteiger partial charge on any atom is -0.330 e. The van der Waals surface area contributed by atoms with Crippen LogP contribution >= 0.6 is 11.8 Å². The molecule has 0 atom stereocenters. The smallest absolute Gasteiger partial charge is 0.187 e. The molecule has 0 unspecified atom stereocenters. The van der Waals surface area contributed by atoms with Crippen molar-refractivity contribution in [1.29, 1.82) is 0 Å². The molecule has 78 valence electrons. The van der Waals surface area contributed by atoms with Gasteiger partial charge in [0, 0.05) is 17.1 Å². The minimum absolute atomic E-state index is 0.733. The topological polar surface area (TPSA) is 51.8 Å². The second-order valence-electron chi connectivity index (χ2n) is 3.29. The molecule has 4 heteroatoms. The van der Waals surface area contributed by atoms with Gasteiger partial charge < -0.3 is 5.73 Å². The first kappa shape index (κ1) is 11.5. The van der Waals surface area contributed by atoms with Crippen molar-refractivity contribution in [1.82, 2.24) is 9.97 Å². The first-order chi connectivity index (χ1) is 6.65. The van der Waals surface area contributed by atoms with Crippen LogP contribution in [-0.2, 0) is 0 Å². The highest BCUT2D eigenvalue weighted by Gasteiger charge is 2.04. The van der Waals surface area contributed by atoms with Gasteiger partial charge in [0.05, 0.1) is 0 Å². The Morgan fingerprint density at radius 3 is 2.21 bits per heavy atom. The van der Waals surface area contributed by atoms with Crippen LogP contribution in [0.3, 0.4) is 0 Å². The van der Waals surface area contributed by atoms with Crippen molar-refractivity contribution in [3.8, 4) is 0 Å². The molecule has 0 aliphatic rings. The van der Waals surface area contributed by atoms with Gasteiger partial charge in [0.1, 0.15) is 0 Å². The lowest BCUT2D eigenvalue weighted by Crippen LogP contribution is -2.01. The minimum atomic E-state index is 0.733. The summed E-state index contributed by atoms with van der Waals surface area (Å²) >= 11 is 1.68. The molecule has 1 rings (SSSR count). The van der Waals surface area contributed by atoms with Gasteiger partial charge in [0.25, 0.3) is 0 Å². The lowest BCUT2D eigenvalue weighted by molar-refractivity contribution is 0.874. The summed E-state index contributed by atoms with van der Waals surface area (Å²) in [4.78, 5) is 8.83. The number of hydrogen-bond donors (Lipinski definition) is 1. The second-order valence-corrected chi connectivity index (χ2v) is 4.35. The Labute approximate surface area is 89.5 Å². The van der Waals surface area contributed by atoms with E-state index in [1.165, 1.54) is 5.56 Å². The van der Waals surface area contributed by atoms with Crippen LogP contribution in [0, 0.1) is 20.8 Å². The first-order valence-corrected chi connectivity index (χ1v) is 5.78. The molecule has 0 saturated carbocycles. The third kappa shape index (κ3) is 2.96. The lowest BCUT2D eigenvalue weighted by Gasteiger charge is -2.05. The fourth-order valence-electron chi connectivity index (χ4n) is 1.05. The van der Waals surface area contributed by atoms with Gasteiger partial charge >= 0.3 is 0 Å². The lowest BCUT2D eigenvalue weighted by atomic mass is 10.2. The van der Waals surface area contributed by atoms with E-state index in [-0.39, 0.29) is 0 Å². The summed E-state index contributed by atoms with van der Waals surface area (Å²) in [7, 11) is 0. The van der Waals surface area contributed by atoms with E-state index in [1.54, 1.807) is 11.8 Å². The largest absolute Gasteiger partial charge is 0.330 e. The Kier molecular flexibility index (Phi) is 4.35. The quantitative estimate of drug-likeness (QED) is 0.469. The van der Waals surface area contributed by atoms with Gasteiger partial charge in [0.15, 0.2) is 5.16 Å². The predicted octanol–water partition coefficient (Wildman–Crippen LogP) is 1.84. The fourth-order valence-corrected chi connectivity index (χ4v) is 1.95. The van der Waals surface area contributed by atoms with Crippen molar-refractivity contribution in [2.45, 2.75) is 32.3 Å². The van der Waals surface area contributed by atoms with Crippen molar-refractivity contribution in [3.05, 3.63) is 17.0 Å². The standard InChI is InChI=1S/C10H17N3S/c1-7-8(2)12-10(13-9(7)3)14-6-4-5-11/h4-6,11H2,1-3H3. The van der Waals surface area contributed by atoms with E-state index in [1.807, 2.05) is 13.8 Å². The zero-order valence-corrected chi connectivity index (χ0v) is 9.82. The average Bonchev–Trinajstić information content (AvgIpc) is 2.14. The highest BCUT2D eigenvalue weighted by molar-refractivity contribution is 7.99. The van der Waals surface area contributed by atoms with Crippen LogP contribution < -0.4 is 5.73 Å². The van der Waals surface area contributed by atoms with E-state index in [0.717, 1.165) is 35.3 Å². The maximum atomic E-state index is 5.42. The summed E-state index contributed by atoms with van der Waals surface area (Å²) in [6, 6.07) is 0. The van der Waals surface area contributed by atoms with Gasteiger partial charge in [-0.15, -0.1) is 0 Å². The zero-order valence-electron chi connectivity index (χ0n) is 9.00. The van der Waals surface area contributed by atoms with E-state index in [2.05, 4.69) is 16.9 Å². The van der Waals surface area contributed by atoms with Crippen LogP contribution in [-0.4, -0.2) is 22.3 Å². The van der Waals surface area contributed by atoms with E-state index < -0.39 is 0 Å². The Balaban J connectivity index is 2.69. The molecule has 0 spiro atoms. The number of nitrogens with zero attached hydrogens (tertiary/aromatic N) is 2. The molecule has 1 aromatic rings. The van der Waals surface area contributed by atoms with Gasteiger partial charge in [0.2, 0.25) is 0 Å². The Bertz CT molecular complexity index is 289. The molecule has 0 aliphatic heterocycles. The van der Waals surface area contributed by atoms with Crippen LogP contribution in [0.25, 0.3) is 0 Å². The molecule has 0 saturated heterocycles. The van der Waals surface area contributed by atoms with Gasteiger partial charge in [-0.25, -0.2) is 9.97 Å². The summed E-state index contributed by atoms with van der Waals surface area (Å²) < 4.78 is 0. The van der Waals surface area contributed by atoms with Crippen LogP contribution in [0.1, 0.15) is 23.4 Å². The molecule has 3 nitrogen and oxygen atoms in total. The van der Waals surface area contributed by atoms with Gasteiger partial charge in [-0.3, -0.25) is 0 Å². The molecule has 14 heavy (non-hydrogen) atoms. The number of nitrogens with two attached hydrogens (primary N) is 1. The highest BCUT2D eigenvalue weighted by Crippen LogP contribution is 2.17. The van der Waals surface area contributed by atoms with E-state index in [9.17, 15) is 0 Å². The summed E-state index contributed by atoms with van der Waals surface area (Å²) in [6.07, 6.45) is 1.01. The van der Waals surface area contributed by atoms with Crippen molar-refractivity contribution < 1.29 is 0 Å². The molecule has 0 amide bonds. The zero-order chi connectivity index (χ0) is 10.6. The Morgan fingerprint density at radius 2 is 1.71 bits per heavy atom. The first-order valence-electron chi connectivity index (χ1n) is 4.80. The number of aryl methyl sites for hydroxylation is 2. The third-order valence-corrected chi connectivity index (χ3v) is 3.13. The summed E-state index contributed by atoms with van der Waals surface area (Å²) in [6.45, 7) is 6.84. The van der Waals surface area contributed by atoms with Crippen molar-refractivity contribution in [2.75, 3.05) is 12.3 Å². The second kappa shape index (κ2) is 5.32. The average molecular weight is 211 g/mol. The number of rotatable bonds is 4. The summed E-state index contributed by atoms with van der Waals surface area (Å²) in [5, 5.41) is 0.874. The van der Waals surface area contributed by atoms with Crippen molar-refractivity contribution in [3.63, 3.8) is 0 Å². The normalized spacial score (nSPS) is 10.6. The molecule has 2 N–H and O–H groups in total. The maximum Gasteiger partial charge on any atom is 0.187 e. The number of thioether (sulfide) groups is 1. The SMILES string of the molecule is Cc1nc(SCCCN)nc(C)c1C. The number of aromatic nitrogens is 2. The monoisotopic (exact) mass is 211 g/mol. The molecule has 1 aromatic heterocycles. The van der Waals surface area contributed by atoms with E-state index >= 15 is 0 Å². The maximum absolute atomic E-state index is 5.42. The van der Waals surface area contributed by atoms with Crippen LogP contribution in [0.15, 0.2) is 5.16 Å². The highest BCUT2D eigenvalue weighted by atomic mass is 32.2. The third-order valence-electron chi connectivity index (χ3n) is 2.19. The summed E-state index contributed by atoms with van der Waals surface area (Å²) in [5.41, 5.74) is 8.76. The van der Waals surface area contributed by atoms with Gasteiger partial charge in [-0.2, -0.15) is 0 Å². The number of hydrogen-bond acceptors (Lipinski definition) is 4. The molecule has 0 fully saturated rings. The molecule has 0 bridgehead atoms. The molecule has 0 radical (unpaired) electrons. The molecule has 0 aromatic carbocycles. The molecular formula is C10H17N3S. The van der Waals surface area contributed by atoms with Crippen LogP contribution in [0.4, 0.5) is 0 Å². The van der Waals surface area contributed by atoms with Crippen LogP contribution in [0.2, 0.25) is 0 Å². The van der Waals surface area contributed by atoms with Crippen molar-refractivity contribution in [2.24, 2.45) is 5.73 Å². The summed E-state index contributed by atoms with van der Waals surface area (Å²) in [5.74, 6) is 0.998. The van der Waals surface area contributed by atoms with Gasteiger partial charge in [-0.1, -0.05) is 11.8 Å². The Morgan fingerprint density at radius 1 is 1.14 bits per heavy atom. The Hall–Kier alpha value is -0.610. The fraction of sp³-hybridized carbons (Fsp3) is 0.600. The molecular weight excluding hydrogens is 194 g/mol. The molecule has 1 heterocycles. The van der Waals surface area contributed by atoms with Crippen LogP contribution in [0.5, 0.6) is 0 Å². The van der Waals surface area contributed by atoms with E-state index in [4.69, 9.17) is 5.73 Å². The van der Waals surface area contributed by atoms with E-state index in [0.29, 0.717) is 0 Å². The predicted molar refractivity (Wildman–Crippen MR) is 60.6 cm³/mol. The van der Waals surface area contributed by atoms with Crippen molar-refractivity contribution >= 4 is 11.8 Å². The van der Waals surface area contributed by atoms with Gasteiger partial charge in [-0.05, 0) is 39.3 Å². The molecule has 0 aliphatic carbocycles.